The Morgan fingerprint density at radius 2 is 1.95 bits per heavy atom. The maximum absolute atomic E-state index is 12.0. The number of benzene rings is 1. The highest BCUT2D eigenvalue weighted by Crippen LogP contribution is 2.36. The summed E-state index contributed by atoms with van der Waals surface area (Å²) in [6.45, 7) is 2.16. The van der Waals surface area contributed by atoms with Crippen molar-refractivity contribution in [2.75, 3.05) is 11.5 Å². The number of ketones is 1. The molecular weight excluding hydrogens is 328 g/mol. The van der Waals surface area contributed by atoms with E-state index in [0.29, 0.717) is 5.75 Å². The predicted molar refractivity (Wildman–Crippen MR) is 90.0 cm³/mol. The van der Waals surface area contributed by atoms with Crippen LogP contribution in [0.5, 0.6) is 0 Å². The van der Waals surface area contributed by atoms with Gasteiger partial charge in [0.1, 0.15) is 0 Å². The van der Waals surface area contributed by atoms with E-state index in [1.165, 1.54) is 11.8 Å². The van der Waals surface area contributed by atoms with Crippen LogP contribution in [0.3, 0.4) is 0 Å². The van der Waals surface area contributed by atoms with Crippen LogP contribution in [0.2, 0.25) is 0 Å². The van der Waals surface area contributed by atoms with Crippen LogP contribution >= 0.6 is 44.7 Å². The second-order valence-corrected chi connectivity index (χ2v) is 8.68. The van der Waals surface area contributed by atoms with Crippen LogP contribution in [0.25, 0.3) is 0 Å². The zero-order chi connectivity index (χ0) is 14.2. The summed E-state index contributed by atoms with van der Waals surface area (Å²) in [5.74, 6) is 1.64. The highest BCUT2D eigenvalue weighted by atomic mass is 33.1. The van der Waals surface area contributed by atoms with E-state index in [1.807, 2.05) is 30.3 Å². The van der Waals surface area contributed by atoms with Gasteiger partial charge < -0.3 is 0 Å². The predicted octanol–water partition coefficient (Wildman–Crippen LogP) is 4.66. The molecule has 0 unspecified atom stereocenters. The Bertz CT molecular complexity index is 544. The van der Waals surface area contributed by atoms with Crippen LogP contribution in [-0.4, -0.2) is 27.5 Å². The minimum atomic E-state index is 0.125. The smallest absolute Gasteiger partial charge is 0.185 e. The van der Waals surface area contributed by atoms with Crippen molar-refractivity contribution >= 4 is 50.5 Å². The van der Waals surface area contributed by atoms with E-state index >= 15 is 0 Å². The molecule has 0 aliphatic heterocycles. The number of nitrogens with zero attached hydrogens (tertiary/aromatic N) is 2. The first-order valence-electron chi connectivity index (χ1n) is 6.13. The number of Topliss-reactive ketones (excluding diaryl/α,β-unsaturated/α-hetero) is 1. The third kappa shape index (κ3) is 5.12. The minimum Gasteiger partial charge on any atom is -0.293 e. The fraction of sp³-hybridized carbons (Fsp3) is 0.308. The third-order valence-corrected chi connectivity index (χ3v) is 7.14. The number of thioether (sulfide) groups is 1. The molecule has 0 amide bonds. The van der Waals surface area contributed by atoms with Crippen molar-refractivity contribution in [3.63, 3.8) is 0 Å². The lowest BCUT2D eigenvalue weighted by Crippen LogP contribution is -2.01. The lowest BCUT2D eigenvalue weighted by molar-refractivity contribution is 0.102. The van der Waals surface area contributed by atoms with E-state index < -0.39 is 0 Å². The van der Waals surface area contributed by atoms with Crippen LogP contribution in [0.15, 0.2) is 39.0 Å². The molecule has 2 rings (SSSR count). The molecule has 2 aromatic rings. The lowest BCUT2D eigenvalue weighted by atomic mass is 10.2. The highest BCUT2D eigenvalue weighted by molar-refractivity contribution is 8.77. The summed E-state index contributed by atoms with van der Waals surface area (Å²) < 4.78 is 1.81. The largest absolute Gasteiger partial charge is 0.293 e. The van der Waals surface area contributed by atoms with Gasteiger partial charge in [0.05, 0.1) is 5.75 Å². The van der Waals surface area contributed by atoms with Gasteiger partial charge in [0.15, 0.2) is 14.5 Å². The standard InChI is InChI=1S/C13H14N2OS4/c1-2-8-18-20-13-15-14-12(19-13)17-9-11(16)10-6-4-3-5-7-10/h3-7H,2,8-9H2,1H3. The number of hydrogen-bond acceptors (Lipinski definition) is 7. The van der Waals surface area contributed by atoms with Crippen molar-refractivity contribution in [3.8, 4) is 0 Å². The second-order valence-electron chi connectivity index (χ2n) is 3.82. The summed E-state index contributed by atoms with van der Waals surface area (Å²) in [6, 6.07) is 9.34. The third-order valence-electron chi connectivity index (χ3n) is 2.23. The van der Waals surface area contributed by atoms with Crippen molar-refractivity contribution in [2.24, 2.45) is 0 Å². The number of hydrogen-bond donors (Lipinski definition) is 0. The molecule has 3 nitrogen and oxygen atoms in total. The maximum Gasteiger partial charge on any atom is 0.185 e. The average molecular weight is 343 g/mol. The molecule has 0 saturated heterocycles. The Labute approximate surface area is 134 Å². The number of aromatic nitrogens is 2. The molecule has 0 spiro atoms. The summed E-state index contributed by atoms with van der Waals surface area (Å²) in [6.07, 6.45) is 1.16. The maximum atomic E-state index is 12.0. The molecule has 20 heavy (non-hydrogen) atoms. The molecule has 1 heterocycles. The van der Waals surface area contributed by atoms with Gasteiger partial charge in [0.2, 0.25) is 0 Å². The summed E-state index contributed by atoms with van der Waals surface area (Å²) in [5.41, 5.74) is 0.748. The van der Waals surface area contributed by atoms with E-state index in [2.05, 4.69) is 17.1 Å². The van der Waals surface area contributed by atoms with E-state index in [0.717, 1.165) is 26.4 Å². The van der Waals surface area contributed by atoms with Crippen LogP contribution in [0.4, 0.5) is 0 Å². The molecule has 0 fully saturated rings. The zero-order valence-corrected chi connectivity index (χ0v) is 14.2. The van der Waals surface area contributed by atoms with Gasteiger partial charge in [-0.3, -0.25) is 4.79 Å². The number of carbonyl (C=O) groups excluding carboxylic acids is 1. The molecule has 0 saturated carbocycles. The summed E-state index contributed by atoms with van der Waals surface area (Å²) in [4.78, 5) is 12.0. The molecule has 0 radical (unpaired) electrons. The van der Waals surface area contributed by atoms with Crippen molar-refractivity contribution in [3.05, 3.63) is 35.9 Å². The van der Waals surface area contributed by atoms with Gasteiger partial charge in [0.25, 0.3) is 0 Å². The molecule has 0 aliphatic rings. The summed E-state index contributed by atoms with van der Waals surface area (Å²) in [5, 5.41) is 8.22. The van der Waals surface area contributed by atoms with Crippen molar-refractivity contribution in [1.29, 1.82) is 0 Å². The molecule has 0 N–H and O–H groups in total. The first-order valence-corrected chi connectivity index (χ1v) is 10.3. The highest BCUT2D eigenvalue weighted by Gasteiger charge is 2.10. The summed E-state index contributed by atoms with van der Waals surface area (Å²) >= 11 is 3.01. The van der Waals surface area contributed by atoms with Crippen molar-refractivity contribution < 1.29 is 4.79 Å². The van der Waals surface area contributed by atoms with Crippen molar-refractivity contribution in [1.82, 2.24) is 10.2 Å². The van der Waals surface area contributed by atoms with Crippen molar-refractivity contribution in [2.45, 2.75) is 22.0 Å². The molecule has 106 valence electrons. The zero-order valence-electron chi connectivity index (χ0n) is 10.9. The molecule has 7 heteroatoms. The monoisotopic (exact) mass is 342 g/mol. The molecule has 1 aromatic carbocycles. The molecule has 0 atom stereocenters. The van der Waals surface area contributed by atoms with E-state index in [1.54, 1.807) is 32.9 Å². The number of rotatable bonds is 8. The van der Waals surface area contributed by atoms with Crippen LogP contribution in [0.1, 0.15) is 23.7 Å². The summed E-state index contributed by atoms with van der Waals surface area (Å²) in [7, 11) is 3.45. The first kappa shape index (κ1) is 15.9. The van der Waals surface area contributed by atoms with Gasteiger partial charge in [-0.15, -0.1) is 10.2 Å². The van der Waals surface area contributed by atoms with Gasteiger partial charge in [-0.05, 0) is 17.2 Å². The SMILES string of the molecule is CCCSSc1nnc(SCC(=O)c2ccccc2)s1. The van der Waals surface area contributed by atoms with Gasteiger partial charge >= 0.3 is 0 Å². The van der Waals surface area contributed by atoms with E-state index in [4.69, 9.17) is 0 Å². The lowest BCUT2D eigenvalue weighted by Gasteiger charge is -1.97. The van der Waals surface area contributed by atoms with Crippen LogP contribution in [0, 0.1) is 0 Å². The molecule has 1 aromatic heterocycles. The Balaban J connectivity index is 1.81. The number of carbonyl (C=O) groups is 1. The first-order chi connectivity index (χ1) is 9.79. The van der Waals surface area contributed by atoms with E-state index in [9.17, 15) is 4.79 Å². The second kappa shape index (κ2) is 8.71. The Kier molecular flexibility index (Phi) is 6.92. The Morgan fingerprint density at radius 3 is 2.70 bits per heavy atom. The van der Waals surface area contributed by atoms with Gasteiger partial charge in [-0.1, -0.05) is 71.1 Å². The molecule has 0 aliphatic carbocycles. The van der Waals surface area contributed by atoms with Crippen LogP contribution < -0.4 is 0 Å². The van der Waals surface area contributed by atoms with Gasteiger partial charge in [-0.2, -0.15) is 0 Å². The minimum absolute atomic E-state index is 0.125. The topological polar surface area (TPSA) is 42.9 Å². The normalized spacial score (nSPS) is 10.7. The molecular formula is C13H14N2OS4. The Hall–Kier alpha value is -0.500. The quantitative estimate of drug-likeness (QED) is 0.301. The average Bonchev–Trinajstić information content (AvgIpc) is 2.94. The fourth-order valence-electron chi connectivity index (χ4n) is 1.30. The van der Waals surface area contributed by atoms with Gasteiger partial charge in [-0.25, -0.2) is 0 Å². The Morgan fingerprint density at radius 1 is 1.20 bits per heavy atom. The molecule has 0 bridgehead atoms. The fourth-order valence-corrected chi connectivity index (χ4v) is 5.63. The van der Waals surface area contributed by atoms with Gasteiger partial charge in [0, 0.05) is 11.3 Å². The van der Waals surface area contributed by atoms with E-state index in [-0.39, 0.29) is 5.78 Å². The van der Waals surface area contributed by atoms with Crippen LogP contribution in [-0.2, 0) is 0 Å².